The highest BCUT2D eigenvalue weighted by molar-refractivity contribution is 6.06. The molecule has 0 fully saturated rings. The standard InChI is InChI=1S/C20H18N4O2/c1-13-7-3-6-10-17(13)23(2)18(25)12-24-20(26)19-15(11-21-24)14-8-4-5-9-16(14)22-19/h3-11,22H,12H2,1-2H3. The van der Waals surface area contributed by atoms with Gasteiger partial charge in [0.15, 0.2) is 0 Å². The van der Waals surface area contributed by atoms with Crippen LogP contribution >= 0.6 is 0 Å². The normalized spacial score (nSPS) is 11.2. The summed E-state index contributed by atoms with van der Waals surface area (Å²) in [4.78, 5) is 30.1. The summed E-state index contributed by atoms with van der Waals surface area (Å²) in [7, 11) is 1.71. The van der Waals surface area contributed by atoms with E-state index in [2.05, 4.69) is 10.1 Å². The molecule has 0 spiro atoms. The van der Waals surface area contributed by atoms with E-state index in [1.807, 2.05) is 55.5 Å². The van der Waals surface area contributed by atoms with E-state index in [1.54, 1.807) is 18.1 Å². The average Bonchev–Trinajstić information content (AvgIpc) is 3.03. The third-order valence-electron chi connectivity index (χ3n) is 4.66. The molecule has 0 aliphatic heterocycles. The summed E-state index contributed by atoms with van der Waals surface area (Å²) in [6.45, 7) is 1.83. The minimum Gasteiger partial charge on any atom is -0.350 e. The summed E-state index contributed by atoms with van der Waals surface area (Å²) in [5.41, 5.74) is 2.85. The molecule has 4 aromatic rings. The second-order valence-electron chi connectivity index (χ2n) is 6.31. The SMILES string of the molecule is Cc1ccccc1N(C)C(=O)Cn1ncc2c([nH]c3ccccc32)c1=O. The molecule has 26 heavy (non-hydrogen) atoms. The number of aryl methyl sites for hydroxylation is 1. The number of aromatic amines is 1. The van der Waals surface area contributed by atoms with Gasteiger partial charge < -0.3 is 9.88 Å². The van der Waals surface area contributed by atoms with Gasteiger partial charge in [-0.3, -0.25) is 9.59 Å². The van der Waals surface area contributed by atoms with Gasteiger partial charge in [-0.15, -0.1) is 0 Å². The van der Waals surface area contributed by atoms with Gasteiger partial charge in [-0.25, -0.2) is 4.68 Å². The second kappa shape index (κ2) is 6.15. The lowest BCUT2D eigenvalue weighted by molar-refractivity contribution is -0.119. The Labute approximate surface area is 149 Å². The number of H-pyrrole nitrogens is 1. The van der Waals surface area contributed by atoms with Gasteiger partial charge in [0.1, 0.15) is 12.1 Å². The topological polar surface area (TPSA) is 71.0 Å². The number of hydrogen-bond acceptors (Lipinski definition) is 3. The van der Waals surface area contributed by atoms with E-state index in [4.69, 9.17) is 0 Å². The van der Waals surface area contributed by atoms with Crippen LogP contribution in [0.5, 0.6) is 0 Å². The molecule has 4 rings (SSSR count). The predicted molar refractivity (Wildman–Crippen MR) is 102 cm³/mol. The van der Waals surface area contributed by atoms with Crippen molar-refractivity contribution in [1.29, 1.82) is 0 Å². The summed E-state index contributed by atoms with van der Waals surface area (Å²) >= 11 is 0. The molecular formula is C20H18N4O2. The summed E-state index contributed by atoms with van der Waals surface area (Å²) in [5, 5.41) is 5.92. The Morgan fingerprint density at radius 1 is 1.12 bits per heavy atom. The largest absolute Gasteiger partial charge is 0.350 e. The van der Waals surface area contributed by atoms with E-state index in [9.17, 15) is 9.59 Å². The van der Waals surface area contributed by atoms with Crippen molar-refractivity contribution in [2.75, 3.05) is 11.9 Å². The van der Waals surface area contributed by atoms with Crippen molar-refractivity contribution in [3.05, 3.63) is 70.6 Å². The zero-order valence-electron chi connectivity index (χ0n) is 14.6. The highest BCUT2D eigenvalue weighted by Gasteiger charge is 2.16. The first kappa shape index (κ1) is 16.1. The molecule has 2 heterocycles. The molecule has 0 radical (unpaired) electrons. The van der Waals surface area contributed by atoms with Crippen LogP contribution in [0.3, 0.4) is 0 Å². The molecule has 130 valence electrons. The van der Waals surface area contributed by atoms with Crippen LogP contribution < -0.4 is 10.5 Å². The Morgan fingerprint density at radius 2 is 1.85 bits per heavy atom. The number of hydrogen-bond donors (Lipinski definition) is 1. The lowest BCUT2D eigenvalue weighted by Crippen LogP contribution is -2.35. The fourth-order valence-electron chi connectivity index (χ4n) is 3.20. The monoisotopic (exact) mass is 346 g/mol. The van der Waals surface area contributed by atoms with Crippen LogP contribution in [0, 0.1) is 6.92 Å². The zero-order chi connectivity index (χ0) is 18.3. The van der Waals surface area contributed by atoms with E-state index in [0.717, 1.165) is 27.5 Å². The highest BCUT2D eigenvalue weighted by atomic mass is 16.2. The van der Waals surface area contributed by atoms with Crippen LogP contribution in [-0.2, 0) is 11.3 Å². The Hall–Kier alpha value is -3.41. The summed E-state index contributed by atoms with van der Waals surface area (Å²) < 4.78 is 1.20. The Balaban J connectivity index is 1.70. The highest BCUT2D eigenvalue weighted by Crippen LogP contribution is 2.22. The first-order valence-electron chi connectivity index (χ1n) is 8.35. The van der Waals surface area contributed by atoms with Gasteiger partial charge in [-0.2, -0.15) is 5.10 Å². The van der Waals surface area contributed by atoms with Crippen molar-refractivity contribution in [2.24, 2.45) is 0 Å². The van der Waals surface area contributed by atoms with Crippen molar-refractivity contribution in [2.45, 2.75) is 13.5 Å². The third kappa shape index (κ3) is 2.56. The molecule has 0 aliphatic rings. The molecule has 2 aromatic carbocycles. The number of nitrogens with one attached hydrogen (secondary N) is 1. The van der Waals surface area contributed by atoms with E-state index in [-0.39, 0.29) is 18.0 Å². The van der Waals surface area contributed by atoms with Crippen LogP contribution in [0.25, 0.3) is 21.8 Å². The minimum atomic E-state index is -0.301. The fraction of sp³-hybridized carbons (Fsp3) is 0.150. The van der Waals surface area contributed by atoms with Crippen molar-refractivity contribution in [3.8, 4) is 0 Å². The fourth-order valence-corrected chi connectivity index (χ4v) is 3.20. The number of nitrogens with zero attached hydrogens (tertiary/aromatic N) is 3. The Kier molecular flexibility index (Phi) is 3.80. The molecule has 0 saturated heterocycles. The Morgan fingerprint density at radius 3 is 2.65 bits per heavy atom. The maximum atomic E-state index is 12.8. The number of fused-ring (bicyclic) bond motifs is 3. The molecule has 0 saturated carbocycles. The number of aromatic nitrogens is 3. The molecule has 6 nitrogen and oxygen atoms in total. The second-order valence-corrected chi connectivity index (χ2v) is 6.31. The van der Waals surface area contributed by atoms with Crippen LogP contribution in [-0.4, -0.2) is 27.7 Å². The Bertz CT molecular complexity index is 1190. The number of amides is 1. The first-order chi connectivity index (χ1) is 12.6. The van der Waals surface area contributed by atoms with Crippen molar-refractivity contribution >= 4 is 33.4 Å². The van der Waals surface area contributed by atoms with Gasteiger partial charge in [0.25, 0.3) is 5.56 Å². The molecule has 0 atom stereocenters. The summed E-state index contributed by atoms with van der Waals surface area (Å²) in [6, 6.07) is 15.3. The average molecular weight is 346 g/mol. The number of benzene rings is 2. The van der Waals surface area contributed by atoms with Gasteiger partial charge in [-0.05, 0) is 24.6 Å². The van der Waals surface area contributed by atoms with E-state index in [0.29, 0.717) is 5.52 Å². The number of para-hydroxylation sites is 2. The number of carbonyl (C=O) groups is 1. The lowest BCUT2D eigenvalue weighted by Gasteiger charge is -2.19. The smallest absolute Gasteiger partial charge is 0.291 e. The number of rotatable bonds is 3. The zero-order valence-corrected chi connectivity index (χ0v) is 14.6. The van der Waals surface area contributed by atoms with Crippen LogP contribution in [0.2, 0.25) is 0 Å². The molecule has 0 bridgehead atoms. The molecule has 1 N–H and O–H groups in total. The molecule has 6 heteroatoms. The number of likely N-dealkylation sites (N-methyl/N-ethyl adjacent to an activating group) is 1. The van der Waals surface area contributed by atoms with Crippen LogP contribution in [0.4, 0.5) is 5.69 Å². The molecule has 1 amide bonds. The molecular weight excluding hydrogens is 328 g/mol. The molecule has 0 unspecified atom stereocenters. The van der Waals surface area contributed by atoms with Crippen LogP contribution in [0.1, 0.15) is 5.56 Å². The van der Waals surface area contributed by atoms with Gasteiger partial charge in [0.2, 0.25) is 5.91 Å². The van der Waals surface area contributed by atoms with Crippen molar-refractivity contribution in [3.63, 3.8) is 0 Å². The molecule has 0 aliphatic carbocycles. The van der Waals surface area contributed by atoms with E-state index in [1.165, 1.54) is 4.68 Å². The van der Waals surface area contributed by atoms with Crippen LogP contribution in [0.15, 0.2) is 59.5 Å². The van der Waals surface area contributed by atoms with Gasteiger partial charge in [-0.1, -0.05) is 36.4 Å². The maximum absolute atomic E-state index is 12.8. The van der Waals surface area contributed by atoms with Crippen molar-refractivity contribution in [1.82, 2.24) is 14.8 Å². The van der Waals surface area contributed by atoms with Gasteiger partial charge in [0, 0.05) is 29.0 Å². The van der Waals surface area contributed by atoms with E-state index >= 15 is 0 Å². The lowest BCUT2D eigenvalue weighted by atomic mass is 10.2. The predicted octanol–water partition coefficient (Wildman–Crippen LogP) is 2.85. The quantitative estimate of drug-likeness (QED) is 0.620. The van der Waals surface area contributed by atoms with Gasteiger partial charge in [0.05, 0.1) is 6.20 Å². The summed E-state index contributed by atoms with van der Waals surface area (Å²) in [6.07, 6.45) is 1.64. The van der Waals surface area contributed by atoms with Gasteiger partial charge >= 0.3 is 0 Å². The summed E-state index contributed by atoms with van der Waals surface area (Å²) in [5.74, 6) is -0.204. The first-order valence-corrected chi connectivity index (χ1v) is 8.35. The maximum Gasteiger partial charge on any atom is 0.291 e. The number of anilines is 1. The molecule has 2 aromatic heterocycles. The third-order valence-corrected chi connectivity index (χ3v) is 4.66. The van der Waals surface area contributed by atoms with Crippen molar-refractivity contribution < 1.29 is 4.79 Å². The van der Waals surface area contributed by atoms with E-state index < -0.39 is 0 Å². The minimum absolute atomic E-state index is 0.116. The number of carbonyl (C=O) groups excluding carboxylic acids is 1.